The molecule has 1 aliphatic rings. The average molecular weight is 212 g/mol. The van der Waals surface area contributed by atoms with Crippen molar-refractivity contribution in [3.05, 3.63) is 0 Å². The number of carbonyl (C=O) groups excluding carboxylic acids is 2. The molecule has 0 amide bonds. The Kier molecular flexibility index (Phi) is 3.22. The minimum absolute atomic E-state index is 0.222. The van der Waals surface area contributed by atoms with Gasteiger partial charge in [-0.05, 0) is 32.1 Å². The lowest BCUT2D eigenvalue weighted by Gasteiger charge is -2.44. The maximum atomic E-state index is 11.7. The molecule has 15 heavy (non-hydrogen) atoms. The molecule has 0 saturated heterocycles. The molecule has 1 rings (SSSR count). The van der Waals surface area contributed by atoms with E-state index >= 15 is 0 Å². The number of rotatable bonds is 2. The third-order valence-corrected chi connectivity index (χ3v) is 3.98. The van der Waals surface area contributed by atoms with Crippen molar-refractivity contribution in [1.82, 2.24) is 0 Å². The van der Waals surface area contributed by atoms with Crippen molar-refractivity contribution < 1.29 is 14.3 Å². The SMILES string of the molecule is COC(=O)C(C)(C)C1(C)CCCC(=O)C1. The van der Waals surface area contributed by atoms with Crippen molar-refractivity contribution in [1.29, 1.82) is 0 Å². The Morgan fingerprint density at radius 2 is 2.07 bits per heavy atom. The Labute approximate surface area is 91.2 Å². The monoisotopic (exact) mass is 212 g/mol. The van der Waals surface area contributed by atoms with E-state index in [0.29, 0.717) is 12.8 Å². The van der Waals surface area contributed by atoms with E-state index in [-0.39, 0.29) is 17.2 Å². The Hall–Kier alpha value is -0.860. The highest BCUT2D eigenvalue weighted by molar-refractivity contribution is 5.83. The van der Waals surface area contributed by atoms with Gasteiger partial charge in [-0.1, -0.05) is 6.92 Å². The van der Waals surface area contributed by atoms with Gasteiger partial charge in [0.05, 0.1) is 12.5 Å². The van der Waals surface area contributed by atoms with Crippen LogP contribution in [-0.2, 0) is 14.3 Å². The van der Waals surface area contributed by atoms with Crippen molar-refractivity contribution in [2.45, 2.75) is 46.5 Å². The second kappa shape index (κ2) is 3.95. The highest BCUT2D eigenvalue weighted by Crippen LogP contribution is 2.48. The molecule has 1 aliphatic carbocycles. The topological polar surface area (TPSA) is 43.4 Å². The normalized spacial score (nSPS) is 27.6. The van der Waals surface area contributed by atoms with Gasteiger partial charge < -0.3 is 4.74 Å². The fourth-order valence-electron chi connectivity index (χ4n) is 2.32. The summed E-state index contributed by atoms with van der Waals surface area (Å²) < 4.78 is 4.82. The summed E-state index contributed by atoms with van der Waals surface area (Å²) in [6, 6.07) is 0. The van der Waals surface area contributed by atoms with Gasteiger partial charge in [0.1, 0.15) is 5.78 Å². The van der Waals surface area contributed by atoms with Crippen molar-refractivity contribution in [3.8, 4) is 0 Å². The van der Waals surface area contributed by atoms with Gasteiger partial charge >= 0.3 is 5.97 Å². The molecule has 1 saturated carbocycles. The van der Waals surface area contributed by atoms with Crippen LogP contribution in [0.2, 0.25) is 0 Å². The summed E-state index contributed by atoms with van der Waals surface area (Å²) in [5.74, 6) is 0.0421. The van der Waals surface area contributed by atoms with Crippen LogP contribution in [0.3, 0.4) is 0 Å². The fourth-order valence-corrected chi connectivity index (χ4v) is 2.32. The first kappa shape index (κ1) is 12.2. The first-order chi connectivity index (χ1) is 6.83. The quantitative estimate of drug-likeness (QED) is 0.660. The van der Waals surface area contributed by atoms with E-state index in [2.05, 4.69) is 0 Å². The minimum atomic E-state index is -0.585. The van der Waals surface area contributed by atoms with Crippen LogP contribution in [0.15, 0.2) is 0 Å². The smallest absolute Gasteiger partial charge is 0.311 e. The van der Waals surface area contributed by atoms with Crippen LogP contribution < -0.4 is 0 Å². The van der Waals surface area contributed by atoms with Crippen LogP contribution in [0, 0.1) is 10.8 Å². The Morgan fingerprint density at radius 1 is 1.47 bits per heavy atom. The largest absolute Gasteiger partial charge is 0.469 e. The van der Waals surface area contributed by atoms with Crippen LogP contribution >= 0.6 is 0 Å². The second-order valence-electron chi connectivity index (χ2n) is 5.25. The standard InChI is InChI=1S/C12H20O3/c1-11(2,10(14)15-4)12(3)7-5-6-9(13)8-12/h5-8H2,1-4H3. The molecule has 0 bridgehead atoms. The number of ether oxygens (including phenoxy) is 1. The minimum Gasteiger partial charge on any atom is -0.469 e. The molecule has 1 fully saturated rings. The predicted octanol–water partition coefficient (Wildman–Crippen LogP) is 2.33. The number of ketones is 1. The van der Waals surface area contributed by atoms with Gasteiger partial charge in [0.25, 0.3) is 0 Å². The van der Waals surface area contributed by atoms with E-state index in [1.807, 2.05) is 20.8 Å². The number of hydrogen-bond donors (Lipinski definition) is 0. The van der Waals surface area contributed by atoms with E-state index in [1.54, 1.807) is 0 Å². The van der Waals surface area contributed by atoms with E-state index in [1.165, 1.54) is 7.11 Å². The number of hydrogen-bond acceptors (Lipinski definition) is 3. The van der Waals surface area contributed by atoms with E-state index < -0.39 is 5.41 Å². The zero-order valence-electron chi connectivity index (χ0n) is 10.1. The summed E-state index contributed by atoms with van der Waals surface area (Å²) in [7, 11) is 1.40. The maximum absolute atomic E-state index is 11.7. The molecule has 0 N–H and O–H groups in total. The number of Topliss-reactive ketones (excluding diaryl/α,β-unsaturated/α-hetero) is 1. The lowest BCUT2D eigenvalue weighted by atomic mass is 9.59. The number of carbonyl (C=O) groups is 2. The molecule has 0 aliphatic heterocycles. The molecule has 0 aromatic rings. The van der Waals surface area contributed by atoms with E-state index in [9.17, 15) is 9.59 Å². The molecule has 0 heterocycles. The molecule has 3 heteroatoms. The van der Waals surface area contributed by atoms with Crippen molar-refractivity contribution in [3.63, 3.8) is 0 Å². The maximum Gasteiger partial charge on any atom is 0.311 e. The lowest BCUT2D eigenvalue weighted by molar-refractivity contribution is -0.161. The number of esters is 1. The van der Waals surface area contributed by atoms with Crippen LogP contribution in [0.1, 0.15) is 46.5 Å². The predicted molar refractivity (Wildman–Crippen MR) is 57.4 cm³/mol. The third-order valence-electron chi connectivity index (χ3n) is 3.98. The van der Waals surface area contributed by atoms with E-state index in [4.69, 9.17) is 4.74 Å². The zero-order chi connectivity index (χ0) is 11.7. The van der Waals surface area contributed by atoms with Crippen LogP contribution in [0.25, 0.3) is 0 Å². The molecule has 0 radical (unpaired) electrons. The zero-order valence-corrected chi connectivity index (χ0v) is 10.1. The first-order valence-electron chi connectivity index (χ1n) is 5.43. The first-order valence-corrected chi connectivity index (χ1v) is 5.43. The van der Waals surface area contributed by atoms with Gasteiger partial charge in [-0.25, -0.2) is 0 Å². The van der Waals surface area contributed by atoms with Crippen molar-refractivity contribution in [2.75, 3.05) is 7.11 Å². The van der Waals surface area contributed by atoms with Crippen LogP contribution in [0.5, 0.6) is 0 Å². The molecule has 0 aromatic heterocycles. The molecule has 3 nitrogen and oxygen atoms in total. The van der Waals surface area contributed by atoms with Gasteiger partial charge in [0, 0.05) is 12.8 Å². The highest BCUT2D eigenvalue weighted by atomic mass is 16.5. The average Bonchev–Trinajstić information content (AvgIpc) is 2.15. The molecule has 86 valence electrons. The Bertz CT molecular complexity index is 281. The van der Waals surface area contributed by atoms with Gasteiger partial charge in [-0.3, -0.25) is 9.59 Å². The molecular weight excluding hydrogens is 192 g/mol. The Morgan fingerprint density at radius 3 is 2.53 bits per heavy atom. The summed E-state index contributed by atoms with van der Waals surface area (Å²) in [5, 5.41) is 0. The second-order valence-corrected chi connectivity index (χ2v) is 5.25. The van der Waals surface area contributed by atoms with Crippen LogP contribution in [-0.4, -0.2) is 18.9 Å². The summed E-state index contributed by atoms with van der Waals surface area (Å²) in [6.07, 6.45) is 2.96. The summed E-state index contributed by atoms with van der Waals surface area (Å²) in [5.41, 5.74) is -0.840. The molecule has 0 aromatic carbocycles. The van der Waals surface area contributed by atoms with Gasteiger partial charge in [0.2, 0.25) is 0 Å². The van der Waals surface area contributed by atoms with Crippen molar-refractivity contribution in [2.24, 2.45) is 10.8 Å². The summed E-state index contributed by atoms with van der Waals surface area (Å²) >= 11 is 0. The van der Waals surface area contributed by atoms with Gasteiger partial charge in [-0.15, -0.1) is 0 Å². The Balaban J connectivity index is 2.92. The van der Waals surface area contributed by atoms with Gasteiger partial charge in [0.15, 0.2) is 0 Å². The third kappa shape index (κ3) is 2.06. The molecule has 1 atom stereocenters. The molecule has 1 unspecified atom stereocenters. The summed E-state index contributed by atoms with van der Waals surface area (Å²) in [6.45, 7) is 5.76. The van der Waals surface area contributed by atoms with Gasteiger partial charge in [-0.2, -0.15) is 0 Å². The fraction of sp³-hybridized carbons (Fsp3) is 0.833. The molecule has 0 spiro atoms. The van der Waals surface area contributed by atoms with E-state index in [0.717, 1.165) is 12.8 Å². The summed E-state index contributed by atoms with van der Waals surface area (Å²) in [4.78, 5) is 23.2. The molecular formula is C12H20O3. The number of methoxy groups -OCH3 is 1. The lowest BCUT2D eigenvalue weighted by Crippen LogP contribution is -2.45. The van der Waals surface area contributed by atoms with Crippen LogP contribution in [0.4, 0.5) is 0 Å². The highest BCUT2D eigenvalue weighted by Gasteiger charge is 2.49. The van der Waals surface area contributed by atoms with Crippen molar-refractivity contribution >= 4 is 11.8 Å².